The molecule has 0 atom stereocenters. The van der Waals surface area contributed by atoms with E-state index < -0.39 is 17.9 Å². The van der Waals surface area contributed by atoms with Crippen molar-refractivity contribution in [2.24, 2.45) is 0 Å². The van der Waals surface area contributed by atoms with Gasteiger partial charge in [-0.05, 0) is 64.8 Å². The molecule has 9 heteroatoms. The molecule has 0 unspecified atom stereocenters. The van der Waals surface area contributed by atoms with E-state index in [1.807, 2.05) is 0 Å². The Morgan fingerprint density at radius 1 is 1.24 bits per heavy atom. The van der Waals surface area contributed by atoms with Crippen LogP contribution >= 0.6 is 27.5 Å². The lowest BCUT2D eigenvalue weighted by molar-refractivity contribution is -0.145. The molecular formula is C20H16BrClN2O5. The van der Waals surface area contributed by atoms with Crippen LogP contribution in [0.5, 0.6) is 5.75 Å². The van der Waals surface area contributed by atoms with Gasteiger partial charge in [0.25, 0.3) is 5.91 Å². The van der Waals surface area contributed by atoms with Gasteiger partial charge >= 0.3 is 12.0 Å². The molecule has 0 saturated carbocycles. The molecule has 1 N–H and O–H groups in total. The van der Waals surface area contributed by atoms with Crippen molar-refractivity contribution < 1.29 is 23.9 Å². The number of esters is 1. The third-order valence-electron chi connectivity index (χ3n) is 3.86. The van der Waals surface area contributed by atoms with Crippen molar-refractivity contribution in [3.05, 3.63) is 63.2 Å². The highest BCUT2D eigenvalue weighted by molar-refractivity contribution is 9.10. The zero-order valence-electron chi connectivity index (χ0n) is 15.3. The van der Waals surface area contributed by atoms with Gasteiger partial charge in [0.1, 0.15) is 11.4 Å². The fourth-order valence-corrected chi connectivity index (χ4v) is 3.31. The van der Waals surface area contributed by atoms with E-state index in [1.54, 1.807) is 49.4 Å². The summed E-state index contributed by atoms with van der Waals surface area (Å²) in [6, 6.07) is 11.0. The van der Waals surface area contributed by atoms with E-state index in [2.05, 4.69) is 21.2 Å². The van der Waals surface area contributed by atoms with Gasteiger partial charge in [-0.1, -0.05) is 23.7 Å². The molecule has 3 rings (SSSR count). The second-order valence-electron chi connectivity index (χ2n) is 5.89. The number of nitrogens with zero attached hydrogens (tertiary/aromatic N) is 1. The number of halogens is 2. The van der Waals surface area contributed by atoms with Gasteiger partial charge in [-0.25, -0.2) is 14.5 Å². The molecule has 2 aromatic rings. The Bertz CT molecular complexity index is 1010. The topological polar surface area (TPSA) is 84.9 Å². The summed E-state index contributed by atoms with van der Waals surface area (Å²) in [5.41, 5.74) is 1.16. The maximum absolute atomic E-state index is 12.7. The second kappa shape index (κ2) is 9.11. The number of imide groups is 1. The molecule has 29 heavy (non-hydrogen) atoms. The molecule has 1 aliphatic heterocycles. The SMILES string of the molecule is CCOC(=O)COc1ccc(/C=C2/NC(=O)N(c3cccc(Cl)c3)C2=O)cc1Br. The summed E-state index contributed by atoms with van der Waals surface area (Å²) in [6.45, 7) is 1.78. The van der Waals surface area contributed by atoms with Gasteiger partial charge in [0.05, 0.1) is 16.8 Å². The minimum absolute atomic E-state index is 0.127. The van der Waals surface area contributed by atoms with Crippen molar-refractivity contribution in [2.75, 3.05) is 18.1 Å². The van der Waals surface area contributed by atoms with E-state index in [-0.39, 0.29) is 18.9 Å². The number of amides is 3. The zero-order chi connectivity index (χ0) is 21.0. The smallest absolute Gasteiger partial charge is 0.344 e. The first-order chi connectivity index (χ1) is 13.9. The molecule has 2 aromatic carbocycles. The fraction of sp³-hybridized carbons (Fsp3) is 0.150. The highest BCUT2D eigenvalue weighted by Crippen LogP contribution is 2.28. The summed E-state index contributed by atoms with van der Waals surface area (Å²) in [6.07, 6.45) is 1.55. The summed E-state index contributed by atoms with van der Waals surface area (Å²) in [4.78, 5) is 37.3. The van der Waals surface area contributed by atoms with Gasteiger partial charge in [-0.15, -0.1) is 0 Å². The lowest BCUT2D eigenvalue weighted by atomic mass is 10.2. The van der Waals surface area contributed by atoms with Crippen LogP contribution in [0.3, 0.4) is 0 Å². The van der Waals surface area contributed by atoms with Gasteiger partial charge < -0.3 is 14.8 Å². The number of hydrogen-bond donors (Lipinski definition) is 1. The first-order valence-electron chi connectivity index (χ1n) is 8.59. The Morgan fingerprint density at radius 2 is 2.03 bits per heavy atom. The molecular weight excluding hydrogens is 464 g/mol. The first-order valence-corrected chi connectivity index (χ1v) is 9.77. The van der Waals surface area contributed by atoms with E-state index in [0.29, 0.717) is 26.5 Å². The summed E-state index contributed by atoms with van der Waals surface area (Å²) < 4.78 is 10.8. The molecule has 0 spiro atoms. The van der Waals surface area contributed by atoms with E-state index in [4.69, 9.17) is 21.1 Å². The van der Waals surface area contributed by atoms with E-state index >= 15 is 0 Å². The summed E-state index contributed by atoms with van der Waals surface area (Å²) in [5.74, 6) is -0.510. The summed E-state index contributed by atoms with van der Waals surface area (Å²) in [5, 5.41) is 2.98. The Kier molecular flexibility index (Phi) is 6.56. The molecule has 1 heterocycles. The molecule has 150 valence electrons. The Labute approximate surface area is 180 Å². The predicted octanol–water partition coefficient (Wildman–Crippen LogP) is 4.14. The highest BCUT2D eigenvalue weighted by Gasteiger charge is 2.34. The molecule has 1 aliphatic rings. The van der Waals surface area contributed by atoms with Gasteiger partial charge in [-0.2, -0.15) is 0 Å². The fourth-order valence-electron chi connectivity index (χ4n) is 2.61. The van der Waals surface area contributed by atoms with Crippen molar-refractivity contribution in [3.8, 4) is 5.75 Å². The van der Waals surface area contributed by atoms with E-state index in [0.717, 1.165) is 4.90 Å². The van der Waals surface area contributed by atoms with Crippen LogP contribution in [0.1, 0.15) is 12.5 Å². The standard InChI is InChI=1S/C20H16BrClN2O5/c1-2-28-18(25)11-29-17-7-6-12(8-15(17)21)9-16-19(26)24(20(27)23-16)14-5-3-4-13(22)10-14/h3-10H,2,11H2,1H3,(H,23,27)/b16-9+. The van der Waals surface area contributed by atoms with Crippen molar-refractivity contribution in [1.29, 1.82) is 0 Å². The van der Waals surface area contributed by atoms with Crippen LogP contribution in [0.2, 0.25) is 5.02 Å². The number of anilines is 1. The van der Waals surface area contributed by atoms with E-state index in [9.17, 15) is 14.4 Å². The lowest BCUT2D eigenvalue weighted by Crippen LogP contribution is -2.30. The number of benzene rings is 2. The average Bonchev–Trinajstić information content (AvgIpc) is 2.94. The normalized spacial score (nSPS) is 14.9. The summed E-state index contributed by atoms with van der Waals surface area (Å²) in [7, 11) is 0. The molecule has 0 radical (unpaired) electrons. The maximum Gasteiger partial charge on any atom is 0.344 e. The average molecular weight is 480 g/mol. The minimum Gasteiger partial charge on any atom is -0.481 e. The van der Waals surface area contributed by atoms with Crippen LogP contribution < -0.4 is 15.0 Å². The van der Waals surface area contributed by atoms with Crippen LogP contribution in [0.15, 0.2) is 52.6 Å². The number of carbonyl (C=O) groups is 3. The zero-order valence-corrected chi connectivity index (χ0v) is 17.6. The largest absolute Gasteiger partial charge is 0.481 e. The van der Waals surface area contributed by atoms with Crippen molar-refractivity contribution in [1.82, 2.24) is 5.32 Å². The molecule has 0 bridgehead atoms. The minimum atomic E-state index is -0.558. The summed E-state index contributed by atoms with van der Waals surface area (Å²) >= 11 is 9.31. The van der Waals surface area contributed by atoms with Gasteiger partial charge in [0.2, 0.25) is 0 Å². The number of nitrogens with one attached hydrogen (secondary N) is 1. The van der Waals surface area contributed by atoms with Crippen LogP contribution in [-0.4, -0.2) is 31.1 Å². The maximum atomic E-state index is 12.7. The van der Waals surface area contributed by atoms with Crippen LogP contribution in [0, 0.1) is 0 Å². The van der Waals surface area contributed by atoms with Crippen molar-refractivity contribution in [2.45, 2.75) is 6.92 Å². The number of carbonyl (C=O) groups excluding carboxylic acids is 3. The highest BCUT2D eigenvalue weighted by atomic mass is 79.9. The van der Waals surface area contributed by atoms with Gasteiger partial charge in [0, 0.05) is 5.02 Å². The first kappa shape index (κ1) is 20.9. The number of urea groups is 1. The van der Waals surface area contributed by atoms with Crippen LogP contribution in [0.25, 0.3) is 6.08 Å². The van der Waals surface area contributed by atoms with Gasteiger partial charge in [0.15, 0.2) is 6.61 Å². The monoisotopic (exact) mass is 478 g/mol. The molecule has 3 amide bonds. The van der Waals surface area contributed by atoms with Crippen molar-refractivity contribution >= 4 is 57.2 Å². The molecule has 0 aromatic heterocycles. The Morgan fingerprint density at radius 3 is 2.72 bits per heavy atom. The third-order valence-corrected chi connectivity index (χ3v) is 4.72. The Hall–Kier alpha value is -2.84. The number of hydrogen-bond acceptors (Lipinski definition) is 5. The van der Waals surface area contributed by atoms with Crippen LogP contribution in [0.4, 0.5) is 10.5 Å². The molecule has 7 nitrogen and oxygen atoms in total. The number of ether oxygens (including phenoxy) is 2. The Balaban J connectivity index is 1.76. The molecule has 1 saturated heterocycles. The van der Waals surface area contributed by atoms with Crippen LogP contribution in [-0.2, 0) is 14.3 Å². The second-order valence-corrected chi connectivity index (χ2v) is 7.18. The molecule has 1 fully saturated rings. The quantitative estimate of drug-likeness (QED) is 0.382. The van der Waals surface area contributed by atoms with Gasteiger partial charge in [-0.3, -0.25) is 4.79 Å². The number of rotatable bonds is 6. The lowest BCUT2D eigenvalue weighted by Gasteiger charge is -2.11. The molecule has 0 aliphatic carbocycles. The van der Waals surface area contributed by atoms with Crippen molar-refractivity contribution in [3.63, 3.8) is 0 Å². The third kappa shape index (κ3) is 4.96. The predicted molar refractivity (Wildman–Crippen MR) is 112 cm³/mol. The van der Waals surface area contributed by atoms with E-state index in [1.165, 1.54) is 6.07 Å².